The number of aliphatic hydroxyl groups is 2. The summed E-state index contributed by atoms with van der Waals surface area (Å²) in [6.45, 7) is 2.66. The van der Waals surface area contributed by atoms with Gasteiger partial charge in [-0.15, -0.1) is 0 Å². The van der Waals surface area contributed by atoms with Crippen molar-refractivity contribution in [2.24, 2.45) is 5.73 Å². The topological polar surface area (TPSA) is 134 Å². The first kappa shape index (κ1) is 25.4. The summed E-state index contributed by atoms with van der Waals surface area (Å²) >= 11 is 0. The summed E-state index contributed by atoms with van der Waals surface area (Å²) in [7, 11) is 3.40. The number of rotatable bonds is 10. The van der Waals surface area contributed by atoms with Crippen LogP contribution in [0.25, 0.3) is 11.0 Å². The monoisotopic (exact) mass is 467 g/mol. The van der Waals surface area contributed by atoms with E-state index < -0.39 is 12.2 Å². The zero-order chi connectivity index (χ0) is 24.8. The van der Waals surface area contributed by atoms with E-state index in [0.717, 1.165) is 25.7 Å². The minimum Gasteiger partial charge on any atom is -0.364 e. The van der Waals surface area contributed by atoms with Gasteiger partial charge < -0.3 is 25.4 Å². The van der Waals surface area contributed by atoms with Crippen molar-refractivity contribution in [2.75, 3.05) is 26.0 Å². The summed E-state index contributed by atoms with van der Waals surface area (Å²) in [5.41, 5.74) is 7.98. The van der Waals surface area contributed by atoms with Crippen LogP contribution < -0.4 is 11.1 Å². The second-order valence-electron chi connectivity index (χ2n) is 8.48. The molecule has 1 heterocycles. The van der Waals surface area contributed by atoms with Crippen molar-refractivity contribution in [3.8, 4) is 0 Å². The van der Waals surface area contributed by atoms with Gasteiger partial charge in [0.1, 0.15) is 0 Å². The molecule has 3 rings (SSSR count). The van der Waals surface area contributed by atoms with Crippen molar-refractivity contribution < 1.29 is 19.8 Å². The van der Waals surface area contributed by atoms with Crippen LogP contribution in [0.4, 0.5) is 5.95 Å². The molecule has 0 fully saturated rings. The maximum absolute atomic E-state index is 13.1. The van der Waals surface area contributed by atoms with E-state index in [1.807, 2.05) is 10.6 Å². The Bertz CT molecular complexity index is 1160. The number of unbranched alkanes of at least 4 members (excludes halogenated alkanes) is 1. The van der Waals surface area contributed by atoms with Gasteiger partial charge in [-0.2, -0.15) is 0 Å². The van der Waals surface area contributed by atoms with Crippen molar-refractivity contribution in [3.63, 3.8) is 0 Å². The second-order valence-corrected chi connectivity index (χ2v) is 8.48. The molecule has 0 saturated carbocycles. The molecule has 9 heteroatoms. The van der Waals surface area contributed by atoms with Gasteiger partial charge in [-0.05, 0) is 50.1 Å². The van der Waals surface area contributed by atoms with E-state index in [2.05, 4.69) is 17.2 Å². The van der Waals surface area contributed by atoms with Gasteiger partial charge in [0.2, 0.25) is 5.95 Å². The SMILES string of the molecule is CCC(CCCCN)n1c(NC(=O)c2cccc(C(O)O)c2)nc2cccc(C(=O)N(C)C)c21. The lowest BCUT2D eigenvalue weighted by Gasteiger charge is -2.22. The fourth-order valence-corrected chi connectivity index (χ4v) is 4.06. The van der Waals surface area contributed by atoms with E-state index in [0.29, 0.717) is 29.1 Å². The summed E-state index contributed by atoms with van der Waals surface area (Å²) in [5, 5.41) is 21.8. The Balaban J connectivity index is 2.11. The molecule has 1 unspecified atom stereocenters. The van der Waals surface area contributed by atoms with Gasteiger partial charge in [-0.1, -0.05) is 31.5 Å². The highest BCUT2D eigenvalue weighted by molar-refractivity contribution is 6.07. The minimum absolute atomic E-state index is 0.00596. The predicted octanol–water partition coefficient (Wildman–Crippen LogP) is 3.05. The zero-order valence-corrected chi connectivity index (χ0v) is 19.9. The van der Waals surface area contributed by atoms with E-state index in [1.165, 1.54) is 17.0 Å². The number of para-hydroxylation sites is 1. The Morgan fingerprint density at radius 3 is 2.53 bits per heavy atom. The standard InChI is InChI=1S/C25H33N5O4/c1-4-18(11-5-6-14-26)30-21-19(23(32)29(2)3)12-8-13-20(21)27-25(30)28-22(31)16-9-7-10-17(15-16)24(33)34/h7-10,12-13,15,18,24,33-34H,4-6,11,14,26H2,1-3H3,(H,27,28,31). The van der Waals surface area contributed by atoms with Crippen molar-refractivity contribution in [1.29, 1.82) is 0 Å². The molecule has 1 aromatic heterocycles. The number of benzene rings is 2. The molecule has 182 valence electrons. The van der Waals surface area contributed by atoms with Crippen LogP contribution in [0.2, 0.25) is 0 Å². The lowest BCUT2D eigenvalue weighted by Crippen LogP contribution is -2.23. The normalized spacial score (nSPS) is 12.2. The minimum atomic E-state index is -1.68. The third-order valence-corrected chi connectivity index (χ3v) is 5.85. The molecule has 0 aliphatic rings. The summed E-state index contributed by atoms with van der Waals surface area (Å²) < 4.78 is 1.95. The van der Waals surface area contributed by atoms with E-state index in [-0.39, 0.29) is 23.1 Å². The lowest BCUT2D eigenvalue weighted by molar-refractivity contribution is -0.0425. The molecular weight excluding hydrogens is 434 g/mol. The number of carbonyl (C=O) groups excluding carboxylic acids is 2. The maximum atomic E-state index is 13.1. The van der Waals surface area contributed by atoms with Gasteiger partial charge in [0.25, 0.3) is 11.8 Å². The maximum Gasteiger partial charge on any atom is 0.257 e. The Morgan fingerprint density at radius 1 is 1.15 bits per heavy atom. The number of imidazole rings is 1. The second kappa shape index (κ2) is 11.2. The third-order valence-electron chi connectivity index (χ3n) is 5.85. The van der Waals surface area contributed by atoms with E-state index in [4.69, 9.17) is 5.73 Å². The predicted molar refractivity (Wildman–Crippen MR) is 132 cm³/mol. The third kappa shape index (κ3) is 5.44. The average Bonchev–Trinajstić information content (AvgIpc) is 3.19. The van der Waals surface area contributed by atoms with Crippen LogP contribution in [0.15, 0.2) is 42.5 Å². The number of aromatic nitrogens is 2. The van der Waals surface area contributed by atoms with Crippen LogP contribution in [0.5, 0.6) is 0 Å². The highest BCUT2D eigenvalue weighted by atomic mass is 16.5. The average molecular weight is 468 g/mol. The highest BCUT2D eigenvalue weighted by Crippen LogP contribution is 2.32. The molecule has 0 aliphatic heterocycles. The van der Waals surface area contributed by atoms with Crippen LogP contribution >= 0.6 is 0 Å². The van der Waals surface area contributed by atoms with Crippen LogP contribution in [0.1, 0.15) is 71.2 Å². The molecule has 0 bridgehead atoms. The van der Waals surface area contributed by atoms with Crippen LogP contribution in [0, 0.1) is 0 Å². The van der Waals surface area contributed by atoms with Gasteiger partial charge in [-0.3, -0.25) is 14.9 Å². The summed E-state index contributed by atoms with van der Waals surface area (Å²) in [5.74, 6) is -0.240. The first-order valence-electron chi connectivity index (χ1n) is 11.5. The fourth-order valence-electron chi connectivity index (χ4n) is 4.06. The Labute approximate surface area is 199 Å². The number of anilines is 1. The largest absolute Gasteiger partial charge is 0.364 e. The molecule has 34 heavy (non-hydrogen) atoms. The molecule has 2 aromatic carbocycles. The van der Waals surface area contributed by atoms with Crippen molar-refractivity contribution in [2.45, 2.75) is 44.9 Å². The molecule has 0 radical (unpaired) electrons. The Kier molecular flexibility index (Phi) is 8.38. The first-order chi connectivity index (χ1) is 16.3. The van der Waals surface area contributed by atoms with Crippen molar-refractivity contribution >= 4 is 28.8 Å². The zero-order valence-electron chi connectivity index (χ0n) is 19.9. The van der Waals surface area contributed by atoms with Crippen molar-refractivity contribution in [3.05, 3.63) is 59.2 Å². The number of nitrogens with zero attached hydrogens (tertiary/aromatic N) is 3. The molecule has 3 aromatic rings. The lowest BCUT2D eigenvalue weighted by atomic mass is 10.1. The molecule has 0 aliphatic carbocycles. The molecule has 9 nitrogen and oxygen atoms in total. The quantitative estimate of drug-likeness (QED) is 0.267. The van der Waals surface area contributed by atoms with Gasteiger partial charge in [0.15, 0.2) is 6.29 Å². The number of carbonyl (C=O) groups is 2. The molecule has 0 spiro atoms. The van der Waals surface area contributed by atoms with E-state index >= 15 is 0 Å². The Morgan fingerprint density at radius 2 is 1.88 bits per heavy atom. The first-order valence-corrected chi connectivity index (χ1v) is 11.5. The van der Waals surface area contributed by atoms with Crippen LogP contribution in [-0.2, 0) is 0 Å². The van der Waals surface area contributed by atoms with Gasteiger partial charge in [0, 0.05) is 31.3 Å². The molecular formula is C25H33N5O4. The summed E-state index contributed by atoms with van der Waals surface area (Å²) in [4.78, 5) is 32.3. The number of nitrogens with two attached hydrogens (primary N) is 1. The van der Waals surface area contributed by atoms with E-state index in [1.54, 1.807) is 38.4 Å². The van der Waals surface area contributed by atoms with Gasteiger partial charge >= 0.3 is 0 Å². The number of fused-ring (bicyclic) bond motifs is 1. The number of hydrogen-bond acceptors (Lipinski definition) is 6. The smallest absolute Gasteiger partial charge is 0.257 e. The van der Waals surface area contributed by atoms with Crippen LogP contribution in [0.3, 0.4) is 0 Å². The number of hydrogen-bond donors (Lipinski definition) is 4. The highest BCUT2D eigenvalue weighted by Gasteiger charge is 2.24. The molecule has 2 amide bonds. The number of nitrogens with one attached hydrogen (secondary N) is 1. The molecule has 5 N–H and O–H groups in total. The summed E-state index contributed by atoms with van der Waals surface area (Å²) in [6, 6.07) is 11.5. The fraction of sp³-hybridized carbons (Fsp3) is 0.400. The molecule has 0 saturated heterocycles. The van der Waals surface area contributed by atoms with Gasteiger partial charge in [0.05, 0.1) is 16.6 Å². The van der Waals surface area contributed by atoms with E-state index in [9.17, 15) is 19.8 Å². The Hall–Kier alpha value is -3.27. The molecule has 1 atom stereocenters. The van der Waals surface area contributed by atoms with Gasteiger partial charge in [-0.25, -0.2) is 4.98 Å². The van der Waals surface area contributed by atoms with Crippen LogP contribution in [-0.4, -0.2) is 57.1 Å². The van der Waals surface area contributed by atoms with Crippen molar-refractivity contribution in [1.82, 2.24) is 14.5 Å². The number of amides is 2. The number of aliphatic hydroxyl groups excluding tert-OH is 1. The summed E-state index contributed by atoms with van der Waals surface area (Å²) in [6.07, 6.45) is 1.70.